The van der Waals surface area contributed by atoms with E-state index < -0.39 is 0 Å². The van der Waals surface area contributed by atoms with E-state index in [-0.39, 0.29) is 0 Å². The highest BCUT2D eigenvalue weighted by atomic mass is 15.0. The van der Waals surface area contributed by atoms with E-state index in [1.807, 2.05) is 12.4 Å². The van der Waals surface area contributed by atoms with Crippen LogP contribution >= 0.6 is 0 Å². The summed E-state index contributed by atoms with van der Waals surface area (Å²) in [5.41, 5.74) is 1.48. The molecular weight excluding hydrogens is 581 g/mol. The van der Waals surface area contributed by atoms with Gasteiger partial charge in [0, 0.05) is 0 Å². The molecule has 48 heavy (non-hydrogen) atoms. The normalized spacial score (nSPS) is 13.9. The van der Waals surface area contributed by atoms with E-state index in [2.05, 4.69) is 44.2 Å². The van der Waals surface area contributed by atoms with Crippen LogP contribution in [0.2, 0.25) is 0 Å². The molecule has 1 aliphatic heterocycles. The molecule has 0 saturated heterocycles. The molecule has 0 N–H and O–H groups in total. The van der Waals surface area contributed by atoms with Crippen molar-refractivity contribution in [1.29, 1.82) is 0 Å². The lowest BCUT2D eigenvalue weighted by Gasteiger charge is -2.26. The van der Waals surface area contributed by atoms with Crippen LogP contribution in [-0.2, 0) is 6.42 Å². The van der Waals surface area contributed by atoms with Crippen molar-refractivity contribution < 1.29 is 0 Å². The molecule has 1 aromatic rings. The van der Waals surface area contributed by atoms with Gasteiger partial charge in [-0.1, -0.05) is 247 Å². The minimum absolute atomic E-state index is 0.494. The number of unbranched alkanes of at least 4 members (excludes halogenated alkanes) is 28. The Balaban J connectivity index is 1.62. The maximum Gasteiger partial charge on any atom is 0.244 e. The van der Waals surface area contributed by atoms with Crippen LogP contribution in [0.25, 0.3) is 0 Å². The van der Waals surface area contributed by atoms with Crippen molar-refractivity contribution in [3.8, 4) is 0 Å². The summed E-state index contributed by atoms with van der Waals surface area (Å²) in [6.07, 6.45) is 51.5. The number of nitrogens with zero attached hydrogens (tertiary/aromatic N) is 2. The lowest BCUT2D eigenvalue weighted by atomic mass is 9.78. The van der Waals surface area contributed by atoms with Gasteiger partial charge < -0.3 is 0 Å². The van der Waals surface area contributed by atoms with E-state index in [0.717, 1.165) is 12.6 Å². The lowest BCUT2D eigenvalue weighted by molar-refractivity contribution is 0.284. The van der Waals surface area contributed by atoms with E-state index >= 15 is 0 Å². The molecule has 0 saturated carbocycles. The summed E-state index contributed by atoms with van der Waals surface area (Å²) in [6, 6.07) is 11.2. The fourth-order valence-electron chi connectivity index (χ4n) is 7.90. The summed E-state index contributed by atoms with van der Waals surface area (Å²) >= 11 is 0. The van der Waals surface area contributed by atoms with Crippen LogP contribution in [0, 0.1) is 18.0 Å². The lowest BCUT2D eigenvalue weighted by Crippen LogP contribution is -2.22. The zero-order valence-corrected chi connectivity index (χ0v) is 32.4. The van der Waals surface area contributed by atoms with Crippen molar-refractivity contribution >= 4 is 12.4 Å². The first kappa shape index (κ1) is 42.6. The molecule has 2 heteroatoms. The standard InChI is InChI=1S/C46H81N2/c1-3-5-7-9-11-13-15-17-19-20-22-24-26-28-30-35-39-45(46-47-40-41-48-46)44(42-43-36-32-31-33-37-43)38-34-29-27-25-23-21-18-16-14-12-10-8-6-4-2/h31-33,36-37,40-41,44-45H,3-30,34-35,38-39,42H2,1-2H3/q+1. The Morgan fingerprint density at radius 2 is 0.750 bits per heavy atom. The minimum atomic E-state index is 0.494. The first-order valence-electron chi connectivity index (χ1n) is 21.8. The first-order valence-corrected chi connectivity index (χ1v) is 21.8. The van der Waals surface area contributed by atoms with Gasteiger partial charge in [0.2, 0.25) is 6.17 Å². The molecule has 1 heterocycles. The summed E-state index contributed by atoms with van der Waals surface area (Å²) in [5, 5.41) is 0. The van der Waals surface area contributed by atoms with Gasteiger partial charge in [0.25, 0.3) is 0 Å². The summed E-state index contributed by atoms with van der Waals surface area (Å²) < 4.78 is 0. The Morgan fingerprint density at radius 3 is 1.12 bits per heavy atom. The summed E-state index contributed by atoms with van der Waals surface area (Å²) in [4.78, 5) is 9.56. The Morgan fingerprint density at radius 1 is 0.417 bits per heavy atom. The van der Waals surface area contributed by atoms with Crippen LogP contribution in [0.15, 0.2) is 40.3 Å². The van der Waals surface area contributed by atoms with Crippen LogP contribution < -0.4 is 0 Å². The van der Waals surface area contributed by atoms with Crippen LogP contribution in [0.4, 0.5) is 0 Å². The SMILES string of the molecule is CCCCCCCCCCCCCCCCCCC([C+]1N=CC=N1)C(CCCCCCCCCCCCCCCC)Cc1ccccc1. The van der Waals surface area contributed by atoms with Crippen molar-refractivity contribution in [3.63, 3.8) is 0 Å². The Labute approximate surface area is 301 Å². The second kappa shape index (κ2) is 32.6. The highest BCUT2D eigenvalue weighted by molar-refractivity contribution is 6.18. The second-order valence-electron chi connectivity index (χ2n) is 15.4. The van der Waals surface area contributed by atoms with Gasteiger partial charge in [-0.3, -0.25) is 0 Å². The molecule has 1 aliphatic rings. The molecule has 0 spiro atoms. The molecule has 0 aromatic heterocycles. The summed E-state index contributed by atoms with van der Waals surface area (Å²) in [7, 11) is 0. The van der Waals surface area contributed by atoms with Gasteiger partial charge in [-0.2, -0.15) is 0 Å². The molecule has 2 unspecified atom stereocenters. The molecule has 2 nitrogen and oxygen atoms in total. The smallest absolute Gasteiger partial charge is 0.0965 e. The van der Waals surface area contributed by atoms with Crippen LogP contribution in [0.1, 0.15) is 225 Å². The second-order valence-corrected chi connectivity index (χ2v) is 15.4. The third-order valence-corrected chi connectivity index (χ3v) is 11.0. The maximum atomic E-state index is 4.78. The van der Waals surface area contributed by atoms with Crippen LogP contribution in [-0.4, -0.2) is 12.4 Å². The summed E-state index contributed by atoms with van der Waals surface area (Å²) in [6.45, 7) is 4.62. The number of aliphatic imine (C=N–C) groups is 2. The third-order valence-electron chi connectivity index (χ3n) is 11.0. The predicted octanol–water partition coefficient (Wildman–Crippen LogP) is 15.6. The van der Waals surface area contributed by atoms with Crippen LogP contribution in [0.5, 0.6) is 0 Å². The van der Waals surface area contributed by atoms with E-state index in [9.17, 15) is 0 Å². The summed E-state index contributed by atoms with van der Waals surface area (Å²) in [5.74, 6) is 1.14. The average molecular weight is 662 g/mol. The van der Waals surface area contributed by atoms with E-state index in [1.165, 1.54) is 211 Å². The van der Waals surface area contributed by atoms with Crippen molar-refractivity contribution in [2.75, 3.05) is 0 Å². The van der Waals surface area contributed by atoms with Crippen molar-refractivity contribution in [1.82, 2.24) is 0 Å². The van der Waals surface area contributed by atoms with Gasteiger partial charge in [0.1, 0.15) is 0 Å². The van der Waals surface area contributed by atoms with E-state index in [0.29, 0.717) is 11.8 Å². The van der Waals surface area contributed by atoms with Gasteiger partial charge in [0.15, 0.2) is 12.4 Å². The van der Waals surface area contributed by atoms with Gasteiger partial charge in [-0.25, -0.2) is 0 Å². The monoisotopic (exact) mass is 662 g/mol. The molecule has 0 aliphatic carbocycles. The zero-order valence-electron chi connectivity index (χ0n) is 32.4. The Kier molecular flexibility index (Phi) is 29.0. The molecule has 274 valence electrons. The van der Waals surface area contributed by atoms with Gasteiger partial charge in [-0.15, -0.1) is 0 Å². The average Bonchev–Trinajstić information content (AvgIpc) is 3.65. The maximum absolute atomic E-state index is 4.78. The number of hydrogen-bond acceptors (Lipinski definition) is 2. The molecule has 0 fully saturated rings. The molecule has 1 aromatic carbocycles. The van der Waals surface area contributed by atoms with E-state index in [4.69, 9.17) is 9.98 Å². The number of hydrogen-bond donors (Lipinski definition) is 0. The molecular formula is C46H81N2+. The molecule has 0 bridgehead atoms. The quantitative estimate of drug-likeness (QED) is 0.0505. The minimum Gasteiger partial charge on any atom is -0.0965 e. The first-order chi connectivity index (χ1) is 23.8. The van der Waals surface area contributed by atoms with E-state index in [1.54, 1.807) is 0 Å². The fourth-order valence-corrected chi connectivity index (χ4v) is 7.90. The third kappa shape index (κ3) is 23.7. The largest absolute Gasteiger partial charge is 0.244 e. The highest BCUT2D eigenvalue weighted by Crippen LogP contribution is 2.37. The molecule has 2 rings (SSSR count). The predicted molar refractivity (Wildman–Crippen MR) is 216 cm³/mol. The van der Waals surface area contributed by atoms with Crippen molar-refractivity contribution in [3.05, 3.63) is 42.1 Å². The van der Waals surface area contributed by atoms with Crippen molar-refractivity contribution in [2.45, 2.75) is 226 Å². The van der Waals surface area contributed by atoms with Crippen molar-refractivity contribution in [2.24, 2.45) is 21.8 Å². The topological polar surface area (TPSA) is 24.7 Å². The fraction of sp³-hybridized carbons (Fsp3) is 0.804. The van der Waals surface area contributed by atoms with Gasteiger partial charge >= 0.3 is 0 Å². The molecule has 0 radical (unpaired) electrons. The molecule has 0 amide bonds. The number of rotatable bonds is 36. The molecule has 2 atom stereocenters. The van der Waals surface area contributed by atoms with Crippen LogP contribution in [0.3, 0.4) is 0 Å². The van der Waals surface area contributed by atoms with Gasteiger partial charge in [-0.05, 0) is 30.7 Å². The number of benzene rings is 1. The highest BCUT2D eigenvalue weighted by Gasteiger charge is 2.35. The zero-order chi connectivity index (χ0) is 34.0. The Hall–Kier alpha value is -1.57. The van der Waals surface area contributed by atoms with Gasteiger partial charge in [0.05, 0.1) is 5.92 Å². The Bertz CT molecular complexity index is 833.